The van der Waals surface area contributed by atoms with Gasteiger partial charge in [0.25, 0.3) is 5.69 Å². The molecule has 0 saturated carbocycles. The van der Waals surface area contributed by atoms with E-state index in [1.807, 2.05) is 4.90 Å². The lowest BCUT2D eigenvalue weighted by Crippen LogP contribution is -2.40. The summed E-state index contributed by atoms with van der Waals surface area (Å²) in [6, 6.07) is 4.40. The Labute approximate surface area is 116 Å². The summed E-state index contributed by atoms with van der Waals surface area (Å²) in [6.45, 7) is 1.29. The van der Waals surface area contributed by atoms with E-state index in [1.54, 1.807) is 0 Å². The number of carbonyl (C=O) groups is 1. The molecule has 0 amide bonds. The summed E-state index contributed by atoms with van der Waals surface area (Å²) in [4.78, 5) is 24.1. The molecule has 7 nitrogen and oxygen atoms in total. The smallest absolute Gasteiger partial charge is 0.337 e. The van der Waals surface area contributed by atoms with Crippen LogP contribution < -0.4 is 10.6 Å². The van der Waals surface area contributed by atoms with Crippen molar-refractivity contribution in [1.29, 1.82) is 0 Å². The number of nitro benzene ring substituents is 1. The Morgan fingerprint density at radius 2 is 2.10 bits per heavy atom. The maximum Gasteiger partial charge on any atom is 0.337 e. The number of benzene rings is 1. The Kier molecular flexibility index (Phi) is 4.19. The highest BCUT2D eigenvalue weighted by Gasteiger charge is 2.24. The van der Waals surface area contributed by atoms with E-state index in [4.69, 9.17) is 5.73 Å². The molecule has 2 rings (SSSR count). The van der Waals surface area contributed by atoms with Gasteiger partial charge in [0.2, 0.25) is 0 Å². The summed E-state index contributed by atoms with van der Waals surface area (Å²) < 4.78 is 4.65. The number of esters is 1. The quantitative estimate of drug-likeness (QED) is 0.509. The molecule has 0 aliphatic carbocycles. The predicted molar refractivity (Wildman–Crippen MR) is 73.9 cm³/mol. The van der Waals surface area contributed by atoms with E-state index in [-0.39, 0.29) is 11.7 Å². The summed E-state index contributed by atoms with van der Waals surface area (Å²) in [5.74, 6) is -0.505. The molecule has 0 radical (unpaired) electrons. The maximum absolute atomic E-state index is 11.6. The fourth-order valence-electron chi connectivity index (χ4n) is 2.32. The van der Waals surface area contributed by atoms with Gasteiger partial charge in [-0.05, 0) is 25.0 Å². The van der Waals surface area contributed by atoms with Crippen molar-refractivity contribution in [2.24, 2.45) is 5.73 Å². The van der Waals surface area contributed by atoms with Gasteiger partial charge in [-0.1, -0.05) is 0 Å². The highest BCUT2D eigenvalue weighted by Crippen LogP contribution is 2.31. The topological polar surface area (TPSA) is 98.7 Å². The largest absolute Gasteiger partial charge is 0.465 e. The minimum atomic E-state index is -0.505. The zero-order valence-corrected chi connectivity index (χ0v) is 11.2. The van der Waals surface area contributed by atoms with Crippen LogP contribution in [0.15, 0.2) is 18.2 Å². The number of nitrogens with zero attached hydrogens (tertiary/aromatic N) is 2. The Bertz CT molecular complexity index is 524. The van der Waals surface area contributed by atoms with E-state index in [2.05, 4.69) is 4.74 Å². The summed E-state index contributed by atoms with van der Waals surface area (Å²) in [5.41, 5.74) is 6.59. The van der Waals surface area contributed by atoms with Gasteiger partial charge in [0.1, 0.15) is 5.69 Å². The molecule has 1 aromatic rings. The van der Waals surface area contributed by atoms with Crippen LogP contribution >= 0.6 is 0 Å². The van der Waals surface area contributed by atoms with Crippen molar-refractivity contribution in [3.05, 3.63) is 33.9 Å². The third kappa shape index (κ3) is 2.88. The summed E-state index contributed by atoms with van der Waals surface area (Å²) in [7, 11) is 1.28. The van der Waals surface area contributed by atoms with Gasteiger partial charge in [-0.15, -0.1) is 0 Å². The lowest BCUT2D eigenvalue weighted by Gasteiger charge is -2.31. The number of nitro groups is 1. The van der Waals surface area contributed by atoms with Crippen LogP contribution in [0.2, 0.25) is 0 Å². The number of hydrogen-bond acceptors (Lipinski definition) is 6. The Morgan fingerprint density at radius 3 is 2.65 bits per heavy atom. The minimum absolute atomic E-state index is 0.00637. The van der Waals surface area contributed by atoms with Gasteiger partial charge in [-0.3, -0.25) is 10.1 Å². The van der Waals surface area contributed by atoms with Gasteiger partial charge >= 0.3 is 5.97 Å². The Hall–Kier alpha value is -2.15. The van der Waals surface area contributed by atoms with Crippen LogP contribution in [0.4, 0.5) is 11.4 Å². The zero-order valence-electron chi connectivity index (χ0n) is 11.2. The van der Waals surface area contributed by atoms with Crippen molar-refractivity contribution in [3.8, 4) is 0 Å². The normalized spacial score (nSPS) is 16.0. The van der Waals surface area contributed by atoms with Crippen molar-refractivity contribution in [2.75, 3.05) is 25.1 Å². The molecule has 1 saturated heterocycles. The number of rotatable bonds is 3. The molecule has 1 aliphatic heterocycles. The van der Waals surface area contributed by atoms with Crippen LogP contribution in [-0.2, 0) is 4.74 Å². The van der Waals surface area contributed by atoms with Gasteiger partial charge in [0, 0.05) is 25.2 Å². The maximum atomic E-state index is 11.6. The van der Waals surface area contributed by atoms with Gasteiger partial charge in [-0.25, -0.2) is 4.79 Å². The van der Waals surface area contributed by atoms with Crippen molar-refractivity contribution in [2.45, 2.75) is 18.9 Å². The van der Waals surface area contributed by atoms with Gasteiger partial charge in [0.15, 0.2) is 0 Å². The van der Waals surface area contributed by atoms with Gasteiger partial charge in [-0.2, -0.15) is 0 Å². The molecular formula is C13H17N3O4. The molecule has 1 aromatic carbocycles. The highest BCUT2D eigenvalue weighted by atomic mass is 16.6. The molecule has 20 heavy (non-hydrogen) atoms. The number of methoxy groups -OCH3 is 1. The molecule has 0 atom stereocenters. The van der Waals surface area contributed by atoms with Crippen molar-refractivity contribution >= 4 is 17.3 Å². The third-order valence-electron chi connectivity index (χ3n) is 3.47. The molecule has 7 heteroatoms. The SMILES string of the molecule is COC(=O)c1ccc([N+](=O)[O-])c(N2CCC(N)CC2)c1. The molecule has 108 valence electrons. The molecule has 0 bridgehead atoms. The molecule has 0 spiro atoms. The highest BCUT2D eigenvalue weighted by molar-refractivity contribution is 5.91. The first-order valence-corrected chi connectivity index (χ1v) is 6.40. The monoisotopic (exact) mass is 279 g/mol. The molecule has 1 heterocycles. The summed E-state index contributed by atoms with van der Waals surface area (Å²) in [5, 5.41) is 11.1. The van der Waals surface area contributed by atoms with Crippen LogP contribution in [-0.4, -0.2) is 37.1 Å². The van der Waals surface area contributed by atoms with E-state index in [0.29, 0.717) is 24.3 Å². The molecule has 1 fully saturated rings. The zero-order chi connectivity index (χ0) is 14.7. The number of carbonyl (C=O) groups excluding carboxylic acids is 1. The summed E-state index contributed by atoms with van der Waals surface area (Å²) in [6.07, 6.45) is 1.55. The second-order valence-corrected chi connectivity index (χ2v) is 4.78. The molecule has 0 unspecified atom stereocenters. The van der Waals surface area contributed by atoms with Crippen LogP contribution in [0.25, 0.3) is 0 Å². The number of ether oxygens (including phenoxy) is 1. The van der Waals surface area contributed by atoms with E-state index in [9.17, 15) is 14.9 Å². The first kappa shape index (κ1) is 14.3. The number of piperidine rings is 1. The number of anilines is 1. The fraction of sp³-hybridized carbons (Fsp3) is 0.462. The standard InChI is InChI=1S/C13H17N3O4/c1-20-13(17)9-2-3-11(16(18)19)12(8-9)15-6-4-10(14)5-7-15/h2-3,8,10H,4-7,14H2,1H3. The van der Waals surface area contributed by atoms with Crippen LogP contribution in [0.3, 0.4) is 0 Å². The average Bonchev–Trinajstić information content (AvgIpc) is 2.46. The fourth-order valence-corrected chi connectivity index (χ4v) is 2.32. The van der Waals surface area contributed by atoms with Gasteiger partial charge < -0.3 is 15.4 Å². The lowest BCUT2D eigenvalue weighted by atomic mass is 10.0. The molecule has 1 aliphatic rings. The van der Waals surface area contributed by atoms with Gasteiger partial charge in [0.05, 0.1) is 17.6 Å². The Balaban J connectivity index is 2.36. The Morgan fingerprint density at radius 1 is 1.45 bits per heavy atom. The van der Waals surface area contributed by atoms with E-state index in [1.165, 1.54) is 25.3 Å². The van der Waals surface area contributed by atoms with Crippen molar-refractivity contribution in [1.82, 2.24) is 0 Å². The second-order valence-electron chi connectivity index (χ2n) is 4.78. The second kappa shape index (κ2) is 5.87. The molecule has 0 aromatic heterocycles. The average molecular weight is 279 g/mol. The lowest BCUT2D eigenvalue weighted by molar-refractivity contribution is -0.384. The van der Waals surface area contributed by atoms with Crippen LogP contribution in [0.5, 0.6) is 0 Å². The van der Waals surface area contributed by atoms with E-state index >= 15 is 0 Å². The van der Waals surface area contributed by atoms with E-state index in [0.717, 1.165) is 12.8 Å². The van der Waals surface area contributed by atoms with Crippen molar-refractivity contribution in [3.63, 3.8) is 0 Å². The van der Waals surface area contributed by atoms with Crippen LogP contribution in [0, 0.1) is 10.1 Å². The predicted octanol–water partition coefficient (Wildman–Crippen LogP) is 1.31. The molecule has 2 N–H and O–H groups in total. The van der Waals surface area contributed by atoms with E-state index < -0.39 is 10.9 Å². The number of hydrogen-bond donors (Lipinski definition) is 1. The molecular weight excluding hydrogens is 262 g/mol. The first-order chi connectivity index (χ1) is 9.52. The number of nitrogens with two attached hydrogens (primary N) is 1. The van der Waals surface area contributed by atoms with Crippen molar-refractivity contribution < 1.29 is 14.5 Å². The summed E-state index contributed by atoms with van der Waals surface area (Å²) >= 11 is 0. The minimum Gasteiger partial charge on any atom is -0.465 e. The van der Waals surface area contributed by atoms with Crippen LogP contribution in [0.1, 0.15) is 23.2 Å². The first-order valence-electron chi connectivity index (χ1n) is 6.40. The third-order valence-corrected chi connectivity index (χ3v) is 3.47.